The number of nitrogens with one attached hydrogen (secondary N) is 4. The van der Waals surface area contributed by atoms with Gasteiger partial charge in [-0.1, -0.05) is 113 Å². The lowest BCUT2D eigenvalue weighted by atomic mass is 9.83. The molecule has 111 heavy (non-hydrogen) atoms. The summed E-state index contributed by atoms with van der Waals surface area (Å²) in [4.78, 5) is 168. The molecule has 0 spiro atoms. The SMILES string of the molecule is CC1=C(C)C(=O)C(CCCC[C@H](CC(=O)[C@@H]2CCCN2C(=O)[C@H](/C=C/[C@H](CC(C)C)NC(=O)OC(C)C)Cc2ccccn2)C(=O)NC(C)C)=C(C)C1=O.CC1=C(C)C(=O)C(CCCC[C@H](CC(=O)[C@@H]2CCCN2C(=O)[C@H](/C=C/[C@H](CC2CCCC2)NC(=O)OC(C)(C)C)Cc2ccccc2)C(=O)NC(C)C)=C(C)C1=O. The summed E-state index contributed by atoms with van der Waals surface area (Å²) in [6, 6.07) is 13.2. The number of carbonyl (C=O) groups excluding carboxylic acids is 12. The van der Waals surface area contributed by atoms with Crippen LogP contribution in [0.15, 0.2) is 124 Å². The second-order valence-corrected chi connectivity index (χ2v) is 33.6. The molecule has 0 radical (unpaired) electrons. The van der Waals surface area contributed by atoms with Crippen molar-refractivity contribution in [2.75, 3.05) is 13.1 Å². The van der Waals surface area contributed by atoms with E-state index < -0.39 is 53.5 Å². The molecule has 2 aromatic rings. The Hall–Kier alpha value is -8.75. The number of ketones is 6. The van der Waals surface area contributed by atoms with Gasteiger partial charge in [0.25, 0.3) is 0 Å². The highest BCUT2D eigenvalue weighted by Crippen LogP contribution is 2.34. The van der Waals surface area contributed by atoms with Crippen molar-refractivity contribution in [1.29, 1.82) is 0 Å². The van der Waals surface area contributed by atoms with E-state index in [0.717, 1.165) is 30.5 Å². The van der Waals surface area contributed by atoms with Gasteiger partial charge < -0.3 is 40.5 Å². The molecule has 6 amide bonds. The van der Waals surface area contributed by atoms with E-state index in [1.165, 1.54) is 12.8 Å². The highest BCUT2D eigenvalue weighted by atomic mass is 16.6. The van der Waals surface area contributed by atoms with E-state index in [2.05, 4.69) is 40.1 Å². The van der Waals surface area contributed by atoms with E-state index in [0.29, 0.717) is 160 Å². The molecule has 2 saturated heterocycles. The van der Waals surface area contributed by atoms with E-state index >= 15 is 0 Å². The van der Waals surface area contributed by atoms with Gasteiger partial charge in [-0.05, 0) is 217 Å². The van der Waals surface area contributed by atoms with Crippen LogP contribution in [0.1, 0.15) is 257 Å². The molecule has 1 aromatic heterocycles. The first-order chi connectivity index (χ1) is 52.4. The lowest BCUT2D eigenvalue weighted by Crippen LogP contribution is -2.45. The molecule has 608 valence electrons. The summed E-state index contributed by atoms with van der Waals surface area (Å²) in [5, 5.41) is 11.9. The number of alkyl carbamates (subject to hydrolysis) is 2. The van der Waals surface area contributed by atoms with Gasteiger partial charge in [-0.25, -0.2) is 9.59 Å². The van der Waals surface area contributed by atoms with Gasteiger partial charge in [0.2, 0.25) is 23.6 Å². The molecule has 0 unspecified atom stereocenters. The van der Waals surface area contributed by atoms with Crippen molar-refractivity contribution in [2.45, 2.75) is 307 Å². The van der Waals surface area contributed by atoms with Crippen LogP contribution < -0.4 is 21.3 Å². The van der Waals surface area contributed by atoms with Crippen molar-refractivity contribution in [3.05, 3.63) is 135 Å². The van der Waals surface area contributed by atoms with Gasteiger partial charge in [-0.2, -0.15) is 0 Å². The van der Waals surface area contributed by atoms with Gasteiger partial charge in [0.1, 0.15) is 5.60 Å². The first-order valence-electron chi connectivity index (χ1n) is 40.9. The van der Waals surface area contributed by atoms with Gasteiger partial charge in [0.05, 0.1) is 42.1 Å². The molecule has 4 N–H and O–H groups in total. The molecule has 3 aliphatic carbocycles. The van der Waals surface area contributed by atoms with Gasteiger partial charge >= 0.3 is 12.2 Å². The zero-order valence-electron chi connectivity index (χ0n) is 69.5. The summed E-state index contributed by atoms with van der Waals surface area (Å²) in [6.45, 7) is 31.7. The summed E-state index contributed by atoms with van der Waals surface area (Å²) in [5.41, 5.74) is 5.05. The van der Waals surface area contributed by atoms with Crippen molar-refractivity contribution in [3.63, 3.8) is 0 Å². The number of nitrogens with zero attached hydrogens (tertiary/aromatic N) is 3. The summed E-state index contributed by atoms with van der Waals surface area (Å²) in [6.07, 6.45) is 21.1. The summed E-state index contributed by atoms with van der Waals surface area (Å²) >= 11 is 0. The van der Waals surface area contributed by atoms with Crippen molar-refractivity contribution >= 4 is 70.5 Å². The maximum atomic E-state index is 14.5. The number of benzene rings is 1. The van der Waals surface area contributed by atoms with Crippen LogP contribution in [0.2, 0.25) is 0 Å². The first-order valence-corrected chi connectivity index (χ1v) is 40.9. The molecule has 1 aromatic carbocycles. The predicted octanol–water partition coefficient (Wildman–Crippen LogP) is 15.1. The van der Waals surface area contributed by atoms with Crippen molar-refractivity contribution < 1.29 is 67.0 Å². The van der Waals surface area contributed by atoms with Gasteiger partial charge in [0, 0.05) is 113 Å². The number of unbranched alkanes of at least 4 members (excludes halogenated alkanes) is 2. The Bertz CT molecular complexity index is 3810. The van der Waals surface area contributed by atoms with E-state index in [4.69, 9.17) is 9.47 Å². The third kappa shape index (κ3) is 28.4. The summed E-state index contributed by atoms with van der Waals surface area (Å²) in [7, 11) is 0. The smallest absolute Gasteiger partial charge is 0.408 e. The maximum absolute atomic E-state index is 14.5. The molecule has 3 heterocycles. The normalized spacial score (nSPS) is 19.0. The molecule has 3 fully saturated rings. The average molecular weight is 1530 g/mol. The molecule has 21 heteroatoms. The standard InChI is InChI=1S/C47H67N3O7.C43H62N4O7/c1-30(2)48-44(54)36(21-14-15-22-39-33(5)42(52)31(3)32(4)43(39)53)29-41(51)40-23-16-26-50(40)45(55)37(27-34-17-10-9-11-18-34)24-25-38(28-35-19-12-13-20-35)49-46(56)57-47(6,7)8;1-26(2)23-35(46-43(53)54-28(5)6)20-19-33(24-34-16-12-13-21-44-34)42(52)47-22-14-18-37(47)38(48)25-32(41(51)45-27(3)4)15-10-11-17-36-31(9)39(49)29(7)30(8)40(36)50/h9-11,17-18,24-25,30,35-38,40H,12-16,19-23,26-29H2,1-8H3,(H,48,54)(H,49,56);12-13,16,19-21,26-28,32-33,35,37H,10-11,14-15,17-18,22-25H2,1-9H3,(H,45,51)(H,46,53)/b25-24+;20-19+/t36-,37-,38-,40+;32-,33-,35-,37+/m11/s1. The lowest BCUT2D eigenvalue weighted by molar-refractivity contribution is -0.140. The number of amides is 6. The second kappa shape index (κ2) is 43.9. The van der Waals surface area contributed by atoms with Crippen LogP contribution in [0, 0.1) is 35.5 Å². The largest absolute Gasteiger partial charge is 0.447 e. The van der Waals surface area contributed by atoms with Gasteiger partial charge in [-0.15, -0.1) is 0 Å². The number of likely N-dealkylation sites (tertiary alicyclic amines) is 2. The minimum atomic E-state index is -0.659. The summed E-state index contributed by atoms with van der Waals surface area (Å²) in [5.74, 6) is -3.06. The van der Waals surface area contributed by atoms with Crippen molar-refractivity contribution in [2.24, 2.45) is 35.5 Å². The first kappa shape index (κ1) is 91.1. The average Bonchev–Trinajstić information content (AvgIpc) is 1.73. The minimum Gasteiger partial charge on any atom is -0.447 e. The Morgan fingerprint density at radius 3 is 1.41 bits per heavy atom. The fraction of sp³-hybridized carbons (Fsp3) is 0.611. The van der Waals surface area contributed by atoms with Crippen molar-refractivity contribution in [1.82, 2.24) is 36.1 Å². The number of pyridine rings is 1. The van der Waals surface area contributed by atoms with Crippen molar-refractivity contribution in [3.8, 4) is 0 Å². The molecular formula is C90H129N7O14. The highest BCUT2D eigenvalue weighted by molar-refractivity contribution is 6.25. The highest BCUT2D eigenvalue weighted by Gasteiger charge is 2.41. The van der Waals surface area contributed by atoms with Crippen LogP contribution in [0.5, 0.6) is 0 Å². The second-order valence-electron chi connectivity index (χ2n) is 33.6. The molecule has 7 rings (SSSR count). The Balaban J connectivity index is 0.000000347. The molecule has 1 saturated carbocycles. The van der Waals surface area contributed by atoms with E-state index in [-0.39, 0.29) is 107 Å². The Morgan fingerprint density at radius 2 is 0.964 bits per heavy atom. The number of hydrogen-bond acceptors (Lipinski definition) is 15. The number of allylic oxidation sites excluding steroid dienone is 8. The van der Waals surface area contributed by atoms with E-state index in [1.807, 2.05) is 121 Å². The third-order valence-corrected chi connectivity index (χ3v) is 21.8. The van der Waals surface area contributed by atoms with Crippen LogP contribution in [0.3, 0.4) is 0 Å². The minimum absolute atomic E-state index is 0.00767. The number of aromatic nitrogens is 1. The number of rotatable bonds is 37. The lowest BCUT2D eigenvalue weighted by Gasteiger charge is -2.29. The summed E-state index contributed by atoms with van der Waals surface area (Å²) < 4.78 is 10.9. The number of Topliss-reactive ketones (excluding diaryl/α,β-unsaturated/α-hetero) is 6. The van der Waals surface area contributed by atoms with Crippen LogP contribution in [0.4, 0.5) is 9.59 Å². The van der Waals surface area contributed by atoms with Gasteiger partial charge in [-0.3, -0.25) is 52.9 Å². The Morgan fingerprint density at radius 1 is 0.514 bits per heavy atom. The van der Waals surface area contributed by atoms with Crippen LogP contribution in [-0.2, 0) is 70.3 Å². The number of carbonyl (C=O) groups is 12. The molecule has 2 aliphatic heterocycles. The van der Waals surface area contributed by atoms with Crippen LogP contribution in [0.25, 0.3) is 0 Å². The van der Waals surface area contributed by atoms with Crippen LogP contribution >= 0.6 is 0 Å². The Labute approximate surface area is 660 Å². The monoisotopic (exact) mass is 1530 g/mol. The number of hydrogen-bond donors (Lipinski definition) is 4. The molecule has 21 nitrogen and oxygen atoms in total. The molecule has 0 bridgehead atoms. The molecular weight excluding hydrogens is 1400 g/mol. The zero-order chi connectivity index (χ0) is 82.0. The fourth-order valence-electron chi connectivity index (χ4n) is 15.6. The predicted molar refractivity (Wildman–Crippen MR) is 432 cm³/mol. The number of ether oxygens (including phenoxy) is 2. The Kier molecular flexibility index (Phi) is 36.0. The van der Waals surface area contributed by atoms with Gasteiger partial charge in [0.15, 0.2) is 34.7 Å². The zero-order valence-corrected chi connectivity index (χ0v) is 69.5. The quantitative estimate of drug-likeness (QED) is 0.0278. The molecule has 5 aliphatic rings. The van der Waals surface area contributed by atoms with E-state index in [9.17, 15) is 57.5 Å². The fourth-order valence-corrected chi connectivity index (χ4v) is 15.6. The topological polar surface area (TPSA) is 291 Å². The van der Waals surface area contributed by atoms with E-state index in [1.54, 1.807) is 71.4 Å². The maximum Gasteiger partial charge on any atom is 0.408 e. The van der Waals surface area contributed by atoms with Crippen LogP contribution in [-0.4, -0.2) is 146 Å². The third-order valence-electron chi connectivity index (χ3n) is 21.8. The molecule has 8 atom stereocenters.